The summed E-state index contributed by atoms with van der Waals surface area (Å²) in [5.74, 6) is 0. The lowest BCUT2D eigenvalue weighted by Gasteiger charge is -2.29. The molecule has 0 bridgehead atoms. The van der Waals surface area contributed by atoms with Gasteiger partial charge in [-0.15, -0.1) is 0 Å². The third kappa shape index (κ3) is 8.46. The second-order valence-electron chi connectivity index (χ2n) is 8.24. The molecule has 3 N–H and O–H groups in total. The fraction of sp³-hybridized carbons (Fsp3) is 0.393. The largest absolute Gasteiger partial charge is 0.384 e. The molecule has 2 aliphatic rings. The Kier molecular flexibility index (Phi) is 11.2. The number of piperazine rings is 1. The highest BCUT2D eigenvalue weighted by atomic mass is 32.2. The lowest BCUT2D eigenvalue weighted by molar-refractivity contribution is 0.368. The maximum atomic E-state index is 4.74. The molecular formula is C28H40N6S. The van der Waals surface area contributed by atoms with E-state index in [2.05, 4.69) is 87.8 Å². The molecule has 1 saturated heterocycles. The van der Waals surface area contributed by atoms with Gasteiger partial charge in [0.25, 0.3) is 0 Å². The predicted molar refractivity (Wildman–Crippen MR) is 154 cm³/mol. The average molecular weight is 493 g/mol. The molecule has 1 atom stereocenters. The Balaban J connectivity index is 0.00000167. The first kappa shape index (κ1) is 26.9. The van der Waals surface area contributed by atoms with Crippen molar-refractivity contribution < 1.29 is 0 Å². The van der Waals surface area contributed by atoms with Gasteiger partial charge in [0.1, 0.15) is 0 Å². The van der Waals surface area contributed by atoms with Gasteiger partial charge in [-0.05, 0) is 42.1 Å². The van der Waals surface area contributed by atoms with Crippen LogP contribution in [-0.2, 0) is 0 Å². The van der Waals surface area contributed by atoms with Crippen molar-refractivity contribution >= 4 is 35.6 Å². The van der Waals surface area contributed by atoms with E-state index in [0.717, 1.165) is 50.4 Å². The van der Waals surface area contributed by atoms with Gasteiger partial charge in [-0.25, -0.2) is 9.30 Å². The van der Waals surface area contributed by atoms with Crippen molar-refractivity contribution in [2.45, 2.75) is 38.4 Å². The zero-order valence-corrected chi connectivity index (χ0v) is 22.3. The molecular weight excluding hydrogens is 452 g/mol. The zero-order chi connectivity index (χ0) is 24.9. The fourth-order valence-electron chi connectivity index (χ4n) is 3.70. The number of benzene rings is 2. The molecule has 2 heterocycles. The van der Waals surface area contributed by atoms with Crippen LogP contribution < -0.4 is 16.0 Å². The van der Waals surface area contributed by atoms with Crippen molar-refractivity contribution in [2.75, 3.05) is 50.4 Å². The van der Waals surface area contributed by atoms with Gasteiger partial charge in [-0.3, -0.25) is 0 Å². The second-order valence-corrected chi connectivity index (χ2v) is 9.38. The molecule has 0 amide bonds. The molecule has 4 rings (SSSR count). The van der Waals surface area contributed by atoms with Crippen LogP contribution in [0.2, 0.25) is 0 Å². The molecule has 0 spiro atoms. The Morgan fingerprint density at radius 1 is 1.09 bits per heavy atom. The van der Waals surface area contributed by atoms with Gasteiger partial charge >= 0.3 is 0 Å². The first-order valence-corrected chi connectivity index (χ1v) is 13.5. The van der Waals surface area contributed by atoms with Crippen LogP contribution in [0.3, 0.4) is 0 Å². The molecule has 2 aromatic rings. The van der Waals surface area contributed by atoms with Crippen LogP contribution >= 0.6 is 11.9 Å². The molecule has 2 aromatic carbocycles. The maximum absolute atomic E-state index is 4.74. The van der Waals surface area contributed by atoms with Gasteiger partial charge in [0.2, 0.25) is 0 Å². The minimum Gasteiger partial charge on any atom is -0.384 e. The quantitative estimate of drug-likeness (QED) is 0.387. The average Bonchev–Trinajstić information content (AvgIpc) is 2.91. The van der Waals surface area contributed by atoms with Crippen molar-refractivity contribution in [1.82, 2.24) is 14.5 Å². The van der Waals surface area contributed by atoms with E-state index in [1.165, 1.54) is 16.1 Å². The smallest absolute Gasteiger partial charge is 0.195 e. The van der Waals surface area contributed by atoms with E-state index in [4.69, 9.17) is 4.99 Å². The number of nitrogens with zero attached hydrogens (tertiary/aromatic N) is 3. The topological polar surface area (TPSA) is 54.9 Å². The van der Waals surface area contributed by atoms with E-state index >= 15 is 0 Å². The zero-order valence-electron chi connectivity index (χ0n) is 21.5. The summed E-state index contributed by atoms with van der Waals surface area (Å²) >= 11 is 1.85. The van der Waals surface area contributed by atoms with E-state index in [1.807, 2.05) is 50.2 Å². The predicted octanol–water partition coefficient (Wildman–Crippen LogP) is 5.76. The molecule has 0 aromatic heterocycles. The normalized spacial score (nSPS) is 18.1. The molecule has 188 valence electrons. The first-order valence-electron chi connectivity index (χ1n) is 12.7. The summed E-state index contributed by atoms with van der Waals surface area (Å²) in [4.78, 5) is 8.11. The Morgan fingerprint density at radius 2 is 1.86 bits per heavy atom. The number of hydrogen-bond acceptors (Lipinski definition) is 7. The summed E-state index contributed by atoms with van der Waals surface area (Å²) in [6.07, 6.45) is 9.22. The number of anilines is 2. The van der Waals surface area contributed by atoms with Crippen molar-refractivity contribution in [2.24, 2.45) is 4.99 Å². The van der Waals surface area contributed by atoms with Crippen LogP contribution in [0.1, 0.15) is 32.8 Å². The molecule has 0 aliphatic carbocycles. The van der Waals surface area contributed by atoms with E-state index in [9.17, 15) is 0 Å². The van der Waals surface area contributed by atoms with Crippen LogP contribution in [0.5, 0.6) is 0 Å². The van der Waals surface area contributed by atoms with Crippen molar-refractivity contribution in [1.29, 1.82) is 0 Å². The van der Waals surface area contributed by atoms with Gasteiger partial charge in [0.05, 0.1) is 5.69 Å². The molecule has 1 unspecified atom stereocenters. The van der Waals surface area contributed by atoms with E-state index in [0.29, 0.717) is 0 Å². The molecule has 1 fully saturated rings. The van der Waals surface area contributed by atoms with Crippen LogP contribution in [0.25, 0.3) is 6.08 Å². The van der Waals surface area contributed by atoms with Gasteiger partial charge in [0.15, 0.2) is 6.29 Å². The molecule has 35 heavy (non-hydrogen) atoms. The van der Waals surface area contributed by atoms with Gasteiger partial charge in [-0.2, -0.15) is 0 Å². The molecule has 6 nitrogen and oxygen atoms in total. The van der Waals surface area contributed by atoms with Crippen molar-refractivity contribution in [3.8, 4) is 0 Å². The fourth-order valence-corrected chi connectivity index (χ4v) is 4.71. The number of rotatable bonds is 9. The van der Waals surface area contributed by atoms with Crippen LogP contribution in [0.4, 0.5) is 11.4 Å². The third-order valence-electron chi connectivity index (χ3n) is 5.52. The Hall–Kier alpha value is -2.74. The SMILES string of the molecule is CC.CCCNc1cc(NC2N=CC(/C=C/c3ccccc3)=CN2C)ccc1SN1CCNCC1. The number of nitrogens with one attached hydrogen (secondary N) is 3. The number of aliphatic imine (C=N–C) groups is 1. The molecule has 0 radical (unpaired) electrons. The summed E-state index contributed by atoms with van der Waals surface area (Å²) in [6, 6.07) is 16.9. The van der Waals surface area contributed by atoms with Gasteiger partial charge in [0, 0.05) is 68.3 Å². The van der Waals surface area contributed by atoms with E-state index in [1.54, 1.807) is 0 Å². The highest BCUT2D eigenvalue weighted by molar-refractivity contribution is 7.97. The van der Waals surface area contributed by atoms with E-state index in [-0.39, 0.29) is 6.29 Å². The van der Waals surface area contributed by atoms with Gasteiger partial charge < -0.3 is 20.9 Å². The summed E-state index contributed by atoms with van der Waals surface area (Å²) in [6.45, 7) is 11.4. The Labute approximate surface area is 215 Å². The van der Waals surface area contributed by atoms with Crippen LogP contribution in [0, 0.1) is 0 Å². The first-order chi connectivity index (χ1) is 17.2. The Morgan fingerprint density at radius 3 is 2.57 bits per heavy atom. The summed E-state index contributed by atoms with van der Waals surface area (Å²) < 4.78 is 2.44. The molecule has 0 saturated carbocycles. The summed E-state index contributed by atoms with van der Waals surface area (Å²) in [5, 5.41) is 10.6. The van der Waals surface area contributed by atoms with E-state index < -0.39 is 0 Å². The highest BCUT2D eigenvalue weighted by Gasteiger charge is 2.17. The van der Waals surface area contributed by atoms with Crippen molar-refractivity contribution in [3.05, 3.63) is 71.9 Å². The minimum absolute atomic E-state index is 0.135. The standard InChI is InChI=1S/C26H34N6S.C2H6/c1-3-13-28-24-18-23(11-12-25(24)33-32-16-14-27-15-17-32)30-26-29-19-22(20-31(26)2)10-9-21-7-5-4-6-8-21;1-2/h4-12,18-20,26-28,30H,3,13-17H2,1-2H3;1-2H3/b10-9+;. The maximum Gasteiger partial charge on any atom is 0.195 e. The lowest BCUT2D eigenvalue weighted by atomic mass is 10.1. The Bertz CT molecular complexity index is 982. The van der Waals surface area contributed by atoms with Crippen LogP contribution in [-0.4, -0.2) is 61.5 Å². The lowest BCUT2D eigenvalue weighted by Crippen LogP contribution is -2.39. The third-order valence-corrected chi connectivity index (χ3v) is 6.69. The van der Waals surface area contributed by atoms with Crippen molar-refractivity contribution in [3.63, 3.8) is 0 Å². The summed E-state index contributed by atoms with van der Waals surface area (Å²) in [7, 11) is 2.05. The molecule has 2 aliphatic heterocycles. The number of allylic oxidation sites excluding steroid dienone is 2. The summed E-state index contributed by atoms with van der Waals surface area (Å²) in [5.41, 5.74) is 4.49. The minimum atomic E-state index is -0.135. The number of hydrogen-bond donors (Lipinski definition) is 3. The molecule has 7 heteroatoms. The van der Waals surface area contributed by atoms with Gasteiger partial charge in [-0.1, -0.05) is 63.3 Å². The highest BCUT2D eigenvalue weighted by Crippen LogP contribution is 2.33. The van der Waals surface area contributed by atoms with Crippen LogP contribution in [0.15, 0.2) is 76.3 Å². The second kappa shape index (κ2) is 14.6. The monoisotopic (exact) mass is 492 g/mol.